The number of benzene rings is 1. The third kappa shape index (κ3) is 2.38. The fourth-order valence-corrected chi connectivity index (χ4v) is 2.57. The van der Waals surface area contributed by atoms with Crippen LogP contribution in [-0.4, -0.2) is 19.2 Å². The number of hydrogen-bond donors (Lipinski definition) is 1. The smallest absolute Gasteiger partial charge is 0.122 e. The molecule has 1 aliphatic heterocycles. The van der Waals surface area contributed by atoms with E-state index in [-0.39, 0.29) is 5.54 Å². The van der Waals surface area contributed by atoms with Crippen molar-refractivity contribution in [3.05, 3.63) is 29.3 Å². The van der Waals surface area contributed by atoms with Crippen molar-refractivity contribution in [2.75, 3.05) is 13.7 Å². The molecule has 0 amide bonds. The van der Waals surface area contributed by atoms with Crippen LogP contribution in [0.2, 0.25) is 0 Å². The van der Waals surface area contributed by atoms with Gasteiger partial charge < -0.3 is 10.1 Å². The van der Waals surface area contributed by atoms with Crippen molar-refractivity contribution < 1.29 is 4.74 Å². The predicted molar refractivity (Wildman–Crippen MR) is 67.1 cm³/mol. The Hall–Kier alpha value is -1.02. The third-order valence-corrected chi connectivity index (χ3v) is 3.47. The summed E-state index contributed by atoms with van der Waals surface area (Å²) in [6.07, 6.45) is 3.59. The van der Waals surface area contributed by atoms with Gasteiger partial charge in [-0.3, -0.25) is 0 Å². The second-order valence-electron chi connectivity index (χ2n) is 5.08. The van der Waals surface area contributed by atoms with Gasteiger partial charge in [-0.15, -0.1) is 0 Å². The number of nitrogens with one attached hydrogen (secondary N) is 1. The van der Waals surface area contributed by atoms with Crippen molar-refractivity contribution >= 4 is 0 Å². The van der Waals surface area contributed by atoms with Crippen LogP contribution in [0.25, 0.3) is 0 Å². The summed E-state index contributed by atoms with van der Waals surface area (Å²) >= 11 is 0. The molecular weight excluding hydrogens is 198 g/mol. The van der Waals surface area contributed by atoms with Gasteiger partial charge in [0.25, 0.3) is 0 Å². The van der Waals surface area contributed by atoms with Crippen LogP contribution < -0.4 is 10.1 Å². The van der Waals surface area contributed by atoms with Gasteiger partial charge in [0, 0.05) is 5.54 Å². The van der Waals surface area contributed by atoms with Crippen LogP contribution in [0.3, 0.4) is 0 Å². The zero-order valence-corrected chi connectivity index (χ0v) is 10.5. The highest BCUT2D eigenvalue weighted by Gasteiger charge is 2.29. The molecular formula is C14H21NO. The molecule has 1 N–H and O–H groups in total. The van der Waals surface area contributed by atoms with E-state index in [4.69, 9.17) is 4.74 Å². The van der Waals surface area contributed by atoms with Gasteiger partial charge in [-0.2, -0.15) is 0 Å². The molecule has 1 saturated heterocycles. The average molecular weight is 219 g/mol. The van der Waals surface area contributed by atoms with E-state index in [9.17, 15) is 0 Å². The number of rotatable bonds is 3. The first kappa shape index (κ1) is 11.5. The SMILES string of the molecule is COc1ccc(C)cc1CC1(C)CCCN1. The highest BCUT2D eigenvalue weighted by Crippen LogP contribution is 2.28. The van der Waals surface area contributed by atoms with E-state index in [1.54, 1.807) is 7.11 Å². The van der Waals surface area contributed by atoms with E-state index in [1.807, 2.05) is 0 Å². The summed E-state index contributed by atoms with van der Waals surface area (Å²) in [7, 11) is 1.75. The lowest BCUT2D eigenvalue weighted by molar-refractivity contribution is 0.382. The van der Waals surface area contributed by atoms with Gasteiger partial charge in [0.2, 0.25) is 0 Å². The fourth-order valence-electron chi connectivity index (χ4n) is 2.57. The molecule has 0 aromatic heterocycles. The van der Waals surface area contributed by atoms with E-state index < -0.39 is 0 Å². The lowest BCUT2D eigenvalue weighted by Crippen LogP contribution is -2.38. The standard InChI is InChI=1S/C14H21NO/c1-11-5-6-13(16-3)12(9-11)10-14(2)7-4-8-15-14/h5-6,9,15H,4,7-8,10H2,1-3H3. The van der Waals surface area contributed by atoms with E-state index >= 15 is 0 Å². The maximum absolute atomic E-state index is 5.43. The van der Waals surface area contributed by atoms with Crippen molar-refractivity contribution in [1.82, 2.24) is 5.32 Å². The first-order chi connectivity index (χ1) is 7.63. The molecule has 0 spiro atoms. The summed E-state index contributed by atoms with van der Waals surface area (Å²) in [6.45, 7) is 5.58. The second kappa shape index (κ2) is 4.46. The van der Waals surface area contributed by atoms with Gasteiger partial charge in [-0.25, -0.2) is 0 Å². The fraction of sp³-hybridized carbons (Fsp3) is 0.571. The van der Waals surface area contributed by atoms with Crippen LogP contribution >= 0.6 is 0 Å². The molecule has 1 unspecified atom stereocenters. The molecule has 1 fully saturated rings. The summed E-state index contributed by atoms with van der Waals surface area (Å²) in [5.41, 5.74) is 2.87. The van der Waals surface area contributed by atoms with Crippen molar-refractivity contribution in [2.45, 2.75) is 38.6 Å². The van der Waals surface area contributed by atoms with Crippen molar-refractivity contribution in [3.8, 4) is 5.75 Å². The summed E-state index contributed by atoms with van der Waals surface area (Å²) in [6, 6.07) is 6.42. The van der Waals surface area contributed by atoms with Crippen LogP contribution in [0.15, 0.2) is 18.2 Å². The zero-order chi connectivity index (χ0) is 11.6. The predicted octanol–water partition coefficient (Wildman–Crippen LogP) is 2.69. The average Bonchev–Trinajstić information content (AvgIpc) is 2.65. The molecule has 0 bridgehead atoms. The molecule has 2 rings (SSSR count). The molecule has 1 atom stereocenters. The normalized spacial score (nSPS) is 24.7. The minimum absolute atomic E-state index is 0.251. The summed E-state index contributed by atoms with van der Waals surface area (Å²) in [4.78, 5) is 0. The molecule has 1 heterocycles. The highest BCUT2D eigenvalue weighted by atomic mass is 16.5. The molecule has 0 saturated carbocycles. The monoisotopic (exact) mass is 219 g/mol. The Balaban J connectivity index is 2.22. The first-order valence-electron chi connectivity index (χ1n) is 6.01. The van der Waals surface area contributed by atoms with Crippen LogP contribution in [0.1, 0.15) is 30.9 Å². The molecule has 1 aromatic rings. The highest BCUT2D eigenvalue weighted by molar-refractivity contribution is 5.38. The van der Waals surface area contributed by atoms with E-state index in [2.05, 4.69) is 37.4 Å². The number of methoxy groups -OCH3 is 1. The zero-order valence-electron chi connectivity index (χ0n) is 10.5. The van der Waals surface area contributed by atoms with Gasteiger partial charge in [0.15, 0.2) is 0 Å². The van der Waals surface area contributed by atoms with Crippen LogP contribution in [0.4, 0.5) is 0 Å². The van der Waals surface area contributed by atoms with Crippen molar-refractivity contribution in [1.29, 1.82) is 0 Å². The van der Waals surface area contributed by atoms with Gasteiger partial charge >= 0.3 is 0 Å². The minimum atomic E-state index is 0.251. The molecule has 2 heteroatoms. The van der Waals surface area contributed by atoms with Crippen LogP contribution in [0.5, 0.6) is 5.75 Å². The third-order valence-electron chi connectivity index (χ3n) is 3.47. The van der Waals surface area contributed by atoms with Crippen molar-refractivity contribution in [3.63, 3.8) is 0 Å². The Morgan fingerprint density at radius 2 is 2.25 bits per heavy atom. The van der Waals surface area contributed by atoms with Gasteiger partial charge in [-0.1, -0.05) is 17.7 Å². The molecule has 0 aliphatic carbocycles. The molecule has 0 radical (unpaired) electrons. The van der Waals surface area contributed by atoms with Gasteiger partial charge in [-0.05, 0) is 51.3 Å². The Morgan fingerprint density at radius 3 is 2.88 bits per heavy atom. The topological polar surface area (TPSA) is 21.3 Å². The van der Waals surface area contributed by atoms with Crippen LogP contribution in [0, 0.1) is 6.92 Å². The van der Waals surface area contributed by atoms with Gasteiger partial charge in [0.1, 0.15) is 5.75 Å². The first-order valence-corrected chi connectivity index (χ1v) is 6.01. The van der Waals surface area contributed by atoms with E-state index in [0.717, 1.165) is 18.7 Å². The number of hydrogen-bond acceptors (Lipinski definition) is 2. The van der Waals surface area contributed by atoms with Crippen LogP contribution in [-0.2, 0) is 6.42 Å². The lowest BCUT2D eigenvalue weighted by atomic mass is 9.90. The van der Waals surface area contributed by atoms with E-state index in [1.165, 1.54) is 24.0 Å². The minimum Gasteiger partial charge on any atom is -0.496 e. The van der Waals surface area contributed by atoms with E-state index in [0.29, 0.717) is 0 Å². The Bertz CT molecular complexity index is 367. The number of ether oxygens (including phenoxy) is 1. The van der Waals surface area contributed by atoms with Crippen molar-refractivity contribution in [2.24, 2.45) is 0 Å². The molecule has 1 aliphatic rings. The molecule has 2 nitrogen and oxygen atoms in total. The molecule has 1 aromatic carbocycles. The quantitative estimate of drug-likeness (QED) is 0.844. The second-order valence-corrected chi connectivity index (χ2v) is 5.08. The largest absolute Gasteiger partial charge is 0.496 e. The Morgan fingerprint density at radius 1 is 1.44 bits per heavy atom. The van der Waals surface area contributed by atoms with Gasteiger partial charge in [0.05, 0.1) is 7.11 Å². The lowest BCUT2D eigenvalue weighted by Gasteiger charge is -2.25. The molecule has 88 valence electrons. The summed E-state index contributed by atoms with van der Waals surface area (Å²) < 4.78 is 5.43. The summed E-state index contributed by atoms with van der Waals surface area (Å²) in [5.74, 6) is 1.01. The Labute approximate surface area is 98.0 Å². The maximum Gasteiger partial charge on any atom is 0.122 e. The summed E-state index contributed by atoms with van der Waals surface area (Å²) in [5, 5.41) is 3.60. The number of aryl methyl sites for hydroxylation is 1. The Kier molecular flexibility index (Phi) is 3.20. The molecule has 16 heavy (non-hydrogen) atoms. The maximum atomic E-state index is 5.43.